The molecule has 9 nitrogen and oxygen atoms in total. The summed E-state index contributed by atoms with van der Waals surface area (Å²) in [7, 11) is -2.84. The van der Waals surface area contributed by atoms with Crippen LogP contribution in [0.2, 0.25) is 0 Å². The molecule has 13 heteroatoms. The molecule has 2 heterocycles. The van der Waals surface area contributed by atoms with Crippen LogP contribution in [0.15, 0.2) is 30.5 Å². The summed E-state index contributed by atoms with van der Waals surface area (Å²) in [5.74, 6) is -5.06. The fourth-order valence-electron chi connectivity index (χ4n) is 3.76. The minimum Gasteiger partial charge on any atom is -0.353 e. The summed E-state index contributed by atoms with van der Waals surface area (Å²) >= 11 is 0. The number of thiol groups is 1. The Bertz CT molecular complexity index is 1390. The summed E-state index contributed by atoms with van der Waals surface area (Å²) in [5.41, 5.74) is -0.744. The monoisotopic (exact) mass is 507 g/mol. The maximum atomic E-state index is 15.1. The van der Waals surface area contributed by atoms with Crippen molar-refractivity contribution in [1.82, 2.24) is 20.0 Å². The second-order valence-corrected chi connectivity index (χ2v) is 8.65. The van der Waals surface area contributed by atoms with Gasteiger partial charge in [0.1, 0.15) is 11.6 Å². The maximum absolute atomic E-state index is 15.1. The number of hydrogen-bond acceptors (Lipinski definition) is 7. The summed E-state index contributed by atoms with van der Waals surface area (Å²) < 4.78 is 67.0. The van der Waals surface area contributed by atoms with Gasteiger partial charge in [-0.05, 0) is 42.7 Å². The zero-order valence-corrected chi connectivity index (χ0v) is 19.1. The van der Waals surface area contributed by atoms with Crippen molar-refractivity contribution in [2.45, 2.75) is 12.8 Å². The van der Waals surface area contributed by atoms with Crippen molar-refractivity contribution < 1.29 is 31.2 Å². The van der Waals surface area contributed by atoms with E-state index in [1.807, 2.05) is 0 Å². The second kappa shape index (κ2) is 10.4. The molecule has 1 aromatic heterocycles. The second-order valence-electron chi connectivity index (χ2n) is 7.82. The number of anilines is 1. The molecule has 4 rings (SSSR count). The Morgan fingerprint density at radius 1 is 1.14 bits per heavy atom. The minimum absolute atomic E-state index is 0.0230. The van der Waals surface area contributed by atoms with Crippen LogP contribution in [0.25, 0.3) is 11.0 Å². The van der Waals surface area contributed by atoms with E-state index in [4.69, 9.17) is 0 Å². The van der Waals surface area contributed by atoms with E-state index in [1.165, 1.54) is 24.4 Å². The van der Waals surface area contributed by atoms with Gasteiger partial charge in [0.2, 0.25) is 16.8 Å². The highest BCUT2D eigenvalue weighted by molar-refractivity contribution is 7.70. The quantitative estimate of drug-likeness (QED) is 0.182. The van der Waals surface area contributed by atoms with Crippen molar-refractivity contribution in [3.05, 3.63) is 64.6 Å². The number of nitrogens with one attached hydrogen (secondary N) is 2. The van der Waals surface area contributed by atoms with Crippen molar-refractivity contribution in [2.75, 3.05) is 31.1 Å². The van der Waals surface area contributed by atoms with Gasteiger partial charge in [-0.2, -0.15) is 0 Å². The summed E-state index contributed by atoms with van der Waals surface area (Å²) in [5, 5.41) is 2.70. The Balaban J connectivity index is 1.65. The average Bonchev–Trinajstić information content (AvgIpc) is 2.84. The zero-order chi connectivity index (χ0) is 25.1. The van der Waals surface area contributed by atoms with E-state index in [0.29, 0.717) is 30.5 Å². The number of aryl methyl sites for hydroxylation is 1. The lowest BCUT2D eigenvalue weighted by molar-refractivity contribution is -0.120. The molecule has 1 fully saturated rings. The third kappa shape index (κ3) is 5.41. The van der Waals surface area contributed by atoms with E-state index in [0.717, 1.165) is 0 Å². The number of ketones is 1. The molecule has 0 unspecified atom stereocenters. The van der Waals surface area contributed by atoms with Gasteiger partial charge in [0.15, 0.2) is 17.4 Å². The molecule has 0 atom stereocenters. The van der Waals surface area contributed by atoms with Crippen LogP contribution in [0.5, 0.6) is 0 Å². The highest BCUT2D eigenvalue weighted by Crippen LogP contribution is 2.26. The van der Waals surface area contributed by atoms with Gasteiger partial charge >= 0.3 is 0 Å². The van der Waals surface area contributed by atoms with E-state index in [-0.39, 0.29) is 48.5 Å². The average molecular weight is 507 g/mol. The summed E-state index contributed by atoms with van der Waals surface area (Å²) in [4.78, 5) is 35.1. The van der Waals surface area contributed by atoms with Gasteiger partial charge in [-0.25, -0.2) is 31.3 Å². The normalized spacial score (nSPS) is 13.9. The number of nitrogens with zero attached hydrogens (tertiary/aromatic N) is 3. The Kier molecular flexibility index (Phi) is 7.26. The van der Waals surface area contributed by atoms with Crippen LogP contribution in [0, 0.1) is 17.5 Å². The molecule has 1 aliphatic heterocycles. The highest BCUT2D eigenvalue weighted by atomic mass is 32.2. The van der Waals surface area contributed by atoms with E-state index in [2.05, 4.69) is 20.0 Å². The van der Waals surface area contributed by atoms with Gasteiger partial charge in [-0.1, -0.05) is 0 Å². The number of amides is 1. The molecular formula is C22H20F3N5O4S. The van der Waals surface area contributed by atoms with Crippen LogP contribution >= 0.6 is 0 Å². The SMILES string of the molecule is O=C1CN(c2cnc3ccc(C(=O)c4c(F)c(F)cc(CCCN[SH](=O)=O)c4F)cc3n2)CCN1. The van der Waals surface area contributed by atoms with E-state index in [1.54, 1.807) is 4.90 Å². The van der Waals surface area contributed by atoms with Crippen LogP contribution in [0.4, 0.5) is 19.0 Å². The van der Waals surface area contributed by atoms with Gasteiger partial charge in [-0.3, -0.25) is 14.6 Å². The molecule has 35 heavy (non-hydrogen) atoms. The number of carbonyl (C=O) groups is 2. The van der Waals surface area contributed by atoms with Crippen molar-refractivity contribution >= 4 is 39.4 Å². The van der Waals surface area contributed by atoms with Crippen LogP contribution < -0.4 is 14.9 Å². The molecule has 0 saturated carbocycles. The molecule has 3 aromatic rings. The van der Waals surface area contributed by atoms with Crippen molar-refractivity contribution in [3.8, 4) is 0 Å². The Hall–Kier alpha value is -3.58. The third-order valence-corrected chi connectivity index (χ3v) is 5.96. The molecule has 2 N–H and O–H groups in total. The number of piperazine rings is 1. The number of fused-ring (bicyclic) bond motifs is 1. The van der Waals surface area contributed by atoms with Crippen LogP contribution in [-0.2, 0) is 22.1 Å². The predicted octanol–water partition coefficient (Wildman–Crippen LogP) is 1.26. The predicted molar refractivity (Wildman–Crippen MR) is 121 cm³/mol. The van der Waals surface area contributed by atoms with Crippen LogP contribution in [-0.4, -0.2) is 56.3 Å². The molecule has 1 saturated heterocycles. The fraction of sp³-hybridized carbons (Fsp3) is 0.273. The molecule has 1 aliphatic rings. The first-order chi connectivity index (χ1) is 16.7. The number of carbonyl (C=O) groups excluding carboxylic acids is 2. The van der Waals surface area contributed by atoms with Gasteiger partial charge < -0.3 is 10.2 Å². The first kappa shape index (κ1) is 24.5. The van der Waals surface area contributed by atoms with Gasteiger partial charge in [-0.15, -0.1) is 0 Å². The largest absolute Gasteiger partial charge is 0.353 e. The number of hydrogen-bond donors (Lipinski definition) is 3. The lowest BCUT2D eigenvalue weighted by Gasteiger charge is -2.27. The first-order valence-corrected chi connectivity index (χ1v) is 11.8. The first-order valence-electron chi connectivity index (χ1n) is 10.6. The van der Waals surface area contributed by atoms with Gasteiger partial charge in [0.25, 0.3) is 0 Å². The molecule has 1 amide bonds. The van der Waals surface area contributed by atoms with Gasteiger partial charge in [0.05, 0.1) is 29.3 Å². The highest BCUT2D eigenvalue weighted by Gasteiger charge is 2.26. The number of aromatic nitrogens is 2. The molecule has 2 aromatic carbocycles. The van der Waals surface area contributed by atoms with Gasteiger partial charge in [0, 0.05) is 25.2 Å². The van der Waals surface area contributed by atoms with Crippen molar-refractivity contribution in [1.29, 1.82) is 0 Å². The van der Waals surface area contributed by atoms with Crippen molar-refractivity contribution in [2.24, 2.45) is 0 Å². The summed E-state index contributed by atoms with van der Waals surface area (Å²) in [6.07, 6.45) is 1.48. The zero-order valence-electron chi connectivity index (χ0n) is 18.2. The maximum Gasteiger partial charge on any atom is 0.239 e. The Morgan fingerprint density at radius 2 is 1.94 bits per heavy atom. The smallest absolute Gasteiger partial charge is 0.239 e. The van der Waals surface area contributed by atoms with E-state index < -0.39 is 39.7 Å². The van der Waals surface area contributed by atoms with Crippen LogP contribution in [0.1, 0.15) is 27.9 Å². The lowest BCUT2D eigenvalue weighted by atomic mass is 9.97. The van der Waals surface area contributed by atoms with E-state index >= 15 is 4.39 Å². The molecule has 184 valence electrons. The number of benzene rings is 2. The van der Waals surface area contributed by atoms with Crippen LogP contribution in [0.3, 0.4) is 0 Å². The Labute approximate surface area is 199 Å². The molecule has 0 radical (unpaired) electrons. The number of rotatable bonds is 8. The minimum atomic E-state index is -2.84. The van der Waals surface area contributed by atoms with Crippen molar-refractivity contribution in [3.63, 3.8) is 0 Å². The third-order valence-electron chi connectivity index (χ3n) is 5.48. The molecule has 0 aliphatic carbocycles. The summed E-state index contributed by atoms with van der Waals surface area (Å²) in [6.45, 7) is 1.00. The topological polar surface area (TPSA) is 121 Å². The lowest BCUT2D eigenvalue weighted by Crippen LogP contribution is -2.48. The Morgan fingerprint density at radius 3 is 2.69 bits per heavy atom. The molecule has 0 spiro atoms. The molecular weight excluding hydrogens is 487 g/mol. The fourth-order valence-corrected chi connectivity index (χ4v) is 4.10. The standard InChI is InChI=1S/C22H20F3N5O4S/c23-14-8-12(2-1-5-28-35(33)34)20(24)19(21(14)25)22(32)13-3-4-15-16(9-13)29-17(10-27-15)30-7-6-26-18(31)11-30/h3-4,8-10,35H,1-2,5-7,11H2,(H,26,31)(H,28,33,34). The number of halogens is 3. The van der Waals surface area contributed by atoms with E-state index in [9.17, 15) is 26.8 Å². The summed E-state index contributed by atoms with van der Waals surface area (Å²) in [6, 6.07) is 4.72. The molecule has 0 bridgehead atoms.